The number of aromatic amines is 1. The number of H-pyrrole nitrogens is 1. The summed E-state index contributed by atoms with van der Waals surface area (Å²) in [6.07, 6.45) is 1.67. The third-order valence-electron chi connectivity index (χ3n) is 3.62. The lowest BCUT2D eigenvalue weighted by molar-refractivity contribution is 0.165. The minimum atomic E-state index is 0.518. The molecule has 24 heavy (non-hydrogen) atoms. The number of fused-ring (bicyclic) bond motifs is 2. The topological polar surface area (TPSA) is 80.8 Å². The number of nitrogens with zero attached hydrogens (tertiary/aromatic N) is 2. The summed E-state index contributed by atoms with van der Waals surface area (Å²) in [5, 5.41) is 4.21. The number of nitrogens with one attached hydrogen (secondary N) is 2. The van der Waals surface area contributed by atoms with E-state index >= 15 is 0 Å². The van der Waals surface area contributed by atoms with Crippen LogP contribution in [-0.4, -0.2) is 36.5 Å². The van der Waals surface area contributed by atoms with Crippen LogP contribution in [-0.2, 0) is 0 Å². The van der Waals surface area contributed by atoms with Gasteiger partial charge in [-0.05, 0) is 24.3 Å². The fourth-order valence-electron chi connectivity index (χ4n) is 2.54. The molecule has 0 saturated heterocycles. The van der Waals surface area contributed by atoms with Crippen LogP contribution in [0.3, 0.4) is 0 Å². The summed E-state index contributed by atoms with van der Waals surface area (Å²) in [5.41, 5.74) is 5.56. The van der Waals surface area contributed by atoms with Gasteiger partial charge in [0, 0.05) is 5.56 Å². The second-order valence-corrected chi connectivity index (χ2v) is 5.22. The van der Waals surface area contributed by atoms with Crippen molar-refractivity contribution < 1.29 is 14.2 Å². The number of benzene rings is 2. The van der Waals surface area contributed by atoms with Gasteiger partial charge in [0.1, 0.15) is 13.2 Å². The molecule has 0 spiro atoms. The smallest absolute Gasteiger partial charge is 0.222 e. The molecular formula is C17H16N4O3. The molecule has 1 aromatic heterocycles. The molecule has 0 amide bonds. The molecule has 0 unspecified atom stereocenters. The van der Waals surface area contributed by atoms with E-state index in [2.05, 4.69) is 20.5 Å². The molecule has 0 atom stereocenters. The van der Waals surface area contributed by atoms with Gasteiger partial charge in [-0.1, -0.05) is 12.1 Å². The van der Waals surface area contributed by atoms with Crippen LogP contribution in [0.4, 0.5) is 5.95 Å². The molecule has 2 heterocycles. The molecule has 122 valence electrons. The predicted molar refractivity (Wildman–Crippen MR) is 91.3 cm³/mol. The highest BCUT2D eigenvalue weighted by Gasteiger charge is 2.17. The molecule has 1 aliphatic heterocycles. The van der Waals surface area contributed by atoms with Crippen LogP contribution in [0.5, 0.6) is 17.2 Å². The van der Waals surface area contributed by atoms with E-state index in [4.69, 9.17) is 14.2 Å². The maximum Gasteiger partial charge on any atom is 0.222 e. The number of ether oxygens (including phenoxy) is 3. The van der Waals surface area contributed by atoms with Gasteiger partial charge in [0.05, 0.1) is 24.4 Å². The number of imidazole rings is 1. The predicted octanol–water partition coefficient (Wildman–Crippen LogP) is 2.79. The highest BCUT2D eigenvalue weighted by molar-refractivity contribution is 5.83. The van der Waals surface area contributed by atoms with Crippen LogP contribution < -0.4 is 19.6 Å². The fourth-order valence-corrected chi connectivity index (χ4v) is 2.54. The van der Waals surface area contributed by atoms with Gasteiger partial charge in [0.25, 0.3) is 0 Å². The molecule has 7 nitrogen and oxygen atoms in total. The molecule has 2 aromatic carbocycles. The number of methoxy groups -OCH3 is 1. The summed E-state index contributed by atoms with van der Waals surface area (Å²) in [4.78, 5) is 7.55. The average molecular weight is 324 g/mol. The Morgan fingerprint density at radius 1 is 1.25 bits per heavy atom. The highest BCUT2D eigenvalue weighted by atomic mass is 16.6. The summed E-state index contributed by atoms with van der Waals surface area (Å²) in [5.74, 6) is 2.49. The van der Waals surface area contributed by atoms with Crippen molar-refractivity contribution in [2.45, 2.75) is 0 Å². The first kappa shape index (κ1) is 14.4. The highest BCUT2D eigenvalue weighted by Crippen LogP contribution is 2.39. The lowest BCUT2D eigenvalue weighted by Gasteiger charge is -2.20. The Bertz CT molecular complexity index is 854. The van der Waals surface area contributed by atoms with Gasteiger partial charge in [0.15, 0.2) is 11.5 Å². The molecular weight excluding hydrogens is 308 g/mol. The zero-order valence-corrected chi connectivity index (χ0v) is 13.1. The Kier molecular flexibility index (Phi) is 3.66. The second kappa shape index (κ2) is 6.11. The number of aromatic nitrogens is 2. The van der Waals surface area contributed by atoms with Crippen LogP contribution in [0.15, 0.2) is 41.5 Å². The van der Waals surface area contributed by atoms with E-state index in [0.29, 0.717) is 36.4 Å². The molecule has 1 aliphatic rings. The summed E-state index contributed by atoms with van der Waals surface area (Å²) < 4.78 is 16.5. The number of hydrogen-bond acceptors (Lipinski definition) is 6. The molecule has 7 heteroatoms. The zero-order valence-electron chi connectivity index (χ0n) is 13.1. The SMILES string of the molecule is COc1cc(/C=N\Nc2nc3ccccc3[nH]2)cc2c1OCCO2. The van der Waals surface area contributed by atoms with E-state index in [1.807, 2.05) is 36.4 Å². The minimum Gasteiger partial charge on any atom is -0.493 e. The van der Waals surface area contributed by atoms with E-state index in [9.17, 15) is 0 Å². The van der Waals surface area contributed by atoms with E-state index in [-0.39, 0.29) is 0 Å². The fraction of sp³-hybridized carbons (Fsp3) is 0.176. The standard InChI is InChI=1S/C17H16N4O3/c1-22-14-8-11(9-15-16(14)24-7-6-23-15)10-18-21-17-19-12-4-2-3-5-13(12)20-17/h2-5,8-10H,6-7H2,1H3,(H2,19,20,21)/b18-10-. The molecule has 3 aromatic rings. The Balaban J connectivity index is 1.55. The van der Waals surface area contributed by atoms with E-state index < -0.39 is 0 Å². The molecule has 2 N–H and O–H groups in total. The first-order valence-corrected chi connectivity index (χ1v) is 7.55. The second-order valence-electron chi connectivity index (χ2n) is 5.22. The third kappa shape index (κ3) is 2.71. The molecule has 0 bridgehead atoms. The van der Waals surface area contributed by atoms with Crippen molar-refractivity contribution in [3.8, 4) is 17.2 Å². The first-order chi connectivity index (χ1) is 11.8. The quantitative estimate of drug-likeness (QED) is 0.570. The van der Waals surface area contributed by atoms with Crippen molar-refractivity contribution in [3.63, 3.8) is 0 Å². The molecule has 0 fully saturated rings. The van der Waals surface area contributed by atoms with Gasteiger partial charge in [-0.2, -0.15) is 5.10 Å². The molecule has 0 radical (unpaired) electrons. The van der Waals surface area contributed by atoms with Crippen molar-refractivity contribution in [2.75, 3.05) is 25.7 Å². The van der Waals surface area contributed by atoms with Crippen molar-refractivity contribution in [1.29, 1.82) is 0 Å². The number of hydrogen-bond donors (Lipinski definition) is 2. The van der Waals surface area contributed by atoms with E-state index in [1.165, 1.54) is 0 Å². The van der Waals surface area contributed by atoms with Gasteiger partial charge in [-0.25, -0.2) is 10.4 Å². The maximum absolute atomic E-state index is 5.61. The Hall–Kier alpha value is -3.22. The summed E-state index contributed by atoms with van der Waals surface area (Å²) in [7, 11) is 1.60. The minimum absolute atomic E-state index is 0.518. The largest absolute Gasteiger partial charge is 0.493 e. The summed E-state index contributed by atoms with van der Waals surface area (Å²) in [6.45, 7) is 1.04. The van der Waals surface area contributed by atoms with Gasteiger partial charge in [-0.3, -0.25) is 0 Å². The van der Waals surface area contributed by atoms with E-state index in [1.54, 1.807) is 13.3 Å². The summed E-state index contributed by atoms with van der Waals surface area (Å²) in [6, 6.07) is 11.5. The number of rotatable bonds is 4. The Morgan fingerprint density at radius 2 is 2.12 bits per heavy atom. The normalized spacial score (nSPS) is 13.4. The Morgan fingerprint density at radius 3 is 3.00 bits per heavy atom. The summed E-state index contributed by atoms with van der Waals surface area (Å²) >= 11 is 0. The van der Waals surface area contributed by atoms with Gasteiger partial charge in [0.2, 0.25) is 11.7 Å². The number of hydrazone groups is 1. The maximum atomic E-state index is 5.61. The third-order valence-corrected chi connectivity index (χ3v) is 3.62. The number of anilines is 1. The van der Waals surface area contributed by atoms with Crippen molar-refractivity contribution in [2.24, 2.45) is 5.10 Å². The Labute approximate surface area is 138 Å². The van der Waals surface area contributed by atoms with Crippen molar-refractivity contribution in [1.82, 2.24) is 9.97 Å². The van der Waals surface area contributed by atoms with Crippen molar-refractivity contribution >= 4 is 23.2 Å². The molecule has 0 aliphatic carbocycles. The van der Waals surface area contributed by atoms with Gasteiger partial charge >= 0.3 is 0 Å². The van der Waals surface area contributed by atoms with Gasteiger partial charge < -0.3 is 19.2 Å². The van der Waals surface area contributed by atoms with Crippen LogP contribution in [0.25, 0.3) is 11.0 Å². The van der Waals surface area contributed by atoms with Crippen LogP contribution in [0.2, 0.25) is 0 Å². The molecule has 4 rings (SSSR count). The average Bonchev–Trinajstić information content (AvgIpc) is 3.03. The number of para-hydroxylation sites is 2. The van der Waals surface area contributed by atoms with Crippen LogP contribution in [0, 0.1) is 0 Å². The first-order valence-electron chi connectivity index (χ1n) is 7.55. The van der Waals surface area contributed by atoms with Gasteiger partial charge in [-0.15, -0.1) is 0 Å². The monoisotopic (exact) mass is 324 g/mol. The molecule has 0 saturated carbocycles. The lowest BCUT2D eigenvalue weighted by atomic mass is 10.2. The lowest BCUT2D eigenvalue weighted by Crippen LogP contribution is -2.16. The van der Waals surface area contributed by atoms with Crippen molar-refractivity contribution in [3.05, 3.63) is 42.0 Å². The van der Waals surface area contributed by atoms with Crippen LogP contribution >= 0.6 is 0 Å². The zero-order chi connectivity index (χ0) is 16.4. The van der Waals surface area contributed by atoms with Crippen LogP contribution in [0.1, 0.15) is 5.56 Å². The van der Waals surface area contributed by atoms with E-state index in [0.717, 1.165) is 16.6 Å².